The van der Waals surface area contributed by atoms with E-state index in [0.717, 1.165) is 24.2 Å². The van der Waals surface area contributed by atoms with Gasteiger partial charge in [0, 0.05) is 30.4 Å². The van der Waals surface area contributed by atoms with Gasteiger partial charge in [-0.2, -0.15) is 0 Å². The van der Waals surface area contributed by atoms with Crippen LogP contribution in [0, 0.1) is 0 Å². The van der Waals surface area contributed by atoms with Crippen LogP contribution in [0.3, 0.4) is 0 Å². The van der Waals surface area contributed by atoms with Crippen molar-refractivity contribution in [3.8, 4) is 0 Å². The Kier molecular flexibility index (Phi) is 4.16. The fourth-order valence-corrected chi connectivity index (χ4v) is 2.93. The number of rotatable bonds is 5. The van der Waals surface area contributed by atoms with Crippen molar-refractivity contribution < 1.29 is 13.7 Å². The maximum Gasteiger partial charge on any atom is 0.274 e. The second-order valence-corrected chi connectivity index (χ2v) is 5.85. The van der Waals surface area contributed by atoms with Crippen LogP contribution in [-0.4, -0.2) is 27.1 Å². The number of nitrogens with zero attached hydrogens (tertiary/aromatic N) is 3. The van der Waals surface area contributed by atoms with Crippen molar-refractivity contribution in [3.63, 3.8) is 0 Å². The monoisotopic (exact) mass is 339 g/mol. The topological polar surface area (TPSA) is 106 Å². The smallest absolute Gasteiger partial charge is 0.274 e. The molecule has 2 N–H and O–H groups in total. The fraction of sp³-hybridized carbons (Fsp3) is 0.294. The van der Waals surface area contributed by atoms with E-state index in [-0.39, 0.29) is 11.9 Å². The molecule has 0 aromatic carbocycles. The van der Waals surface area contributed by atoms with Gasteiger partial charge in [0.05, 0.1) is 12.8 Å². The largest absolute Gasteiger partial charge is 0.467 e. The van der Waals surface area contributed by atoms with Crippen LogP contribution in [0.25, 0.3) is 0 Å². The van der Waals surface area contributed by atoms with Gasteiger partial charge in [-0.25, -0.2) is 9.97 Å². The van der Waals surface area contributed by atoms with Gasteiger partial charge in [-0.1, -0.05) is 5.16 Å². The molecule has 128 valence electrons. The first-order chi connectivity index (χ1) is 12.3. The maximum absolute atomic E-state index is 12.4. The van der Waals surface area contributed by atoms with E-state index in [2.05, 4.69) is 25.8 Å². The summed E-state index contributed by atoms with van der Waals surface area (Å²) < 4.78 is 10.6. The molecule has 1 atom stereocenters. The molecule has 8 nitrogen and oxygen atoms in total. The van der Waals surface area contributed by atoms with Crippen LogP contribution in [0.1, 0.15) is 34.0 Å². The molecule has 1 unspecified atom stereocenters. The van der Waals surface area contributed by atoms with E-state index in [1.165, 1.54) is 0 Å². The highest BCUT2D eigenvalue weighted by molar-refractivity contribution is 5.93. The van der Waals surface area contributed by atoms with Gasteiger partial charge < -0.3 is 19.6 Å². The Balaban J connectivity index is 1.44. The number of aromatic nitrogens is 3. The van der Waals surface area contributed by atoms with E-state index in [1.807, 2.05) is 0 Å². The first-order valence-corrected chi connectivity index (χ1v) is 8.11. The van der Waals surface area contributed by atoms with Gasteiger partial charge in [0.15, 0.2) is 5.69 Å². The van der Waals surface area contributed by atoms with Crippen molar-refractivity contribution in [1.82, 2.24) is 20.4 Å². The molecule has 25 heavy (non-hydrogen) atoms. The van der Waals surface area contributed by atoms with E-state index in [9.17, 15) is 4.79 Å². The summed E-state index contributed by atoms with van der Waals surface area (Å²) >= 11 is 0. The van der Waals surface area contributed by atoms with Gasteiger partial charge in [0.1, 0.15) is 11.5 Å². The number of nitrogens with one attached hydrogen (secondary N) is 2. The third kappa shape index (κ3) is 3.37. The molecule has 4 rings (SSSR count). The lowest BCUT2D eigenvalue weighted by atomic mass is 9.92. The molecule has 8 heteroatoms. The number of fused-ring (bicyclic) bond motifs is 1. The highest BCUT2D eigenvalue weighted by atomic mass is 16.5. The van der Waals surface area contributed by atoms with E-state index in [1.54, 1.807) is 36.9 Å². The van der Waals surface area contributed by atoms with Crippen LogP contribution in [0.5, 0.6) is 0 Å². The Morgan fingerprint density at radius 1 is 1.28 bits per heavy atom. The van der Waals surface area contributed by atoms with Crippen LogP contribution < -0.4 is 10.6 Å². The molecule has 0 bridgehead atoms. The van der Waals surface area contributed by atoms with E-state index in [0.29, 0.717) is 30.4 Å². The summed E-state index contributed by atoms with van der Waals surface area (Å²) in [6, 6.07) is 5.48. The Bertz CT molecular complexity index is 845. The minimum Gasteiger partial charge on any atom is -0.467 e. The molecule has 3 aromatic rings. The molecular formula is C17H17N5O3. The summed E-state index contributed by atoms with van der Waals surface area (Å²) in [5.74, 6) is 1.77. The van der Waals surface area contributed by atoms with E-state index >= 15 is 0 Å². The van der Waals surface area contributed by atoms with Crippen LogP contribution in [-0.2, 0) is 19.4 Å². The lowest BCUT2D eigenvalue weighted by molar-refractivity contribution is 0.0938. The van der Waals surface area contributed by atoms with E-state index in [4.69, 9.17) is 8.94 Å². The molecule has 1 amide bonds. The van der Waals surface area contributed by atoms with Gasteiger partial charge in [-0.3, -0.25) is 4.79 Å². The molecular weight excluding hydrogens is 322 g/mol. The summed E-state index contributed by atoms with van der Waals surface area (Å²) in [6.45, 7) is 0.313. The first kappa shape index (κ1) is 15.4. The highest BCUT2D eigenvalue weighted by Crippen LogP contribution is 2.26. The van der Waals surface area contributed by atoms with Crippen LogP contribution in [0.15, 0.2) is 45.8 Å². The Morgan fingerprint density at radius 3 is 2.96 bits per heavy atom. The zero-order valence-corrected chi connectivity index (χ0v) is 13.4. The van der Waals surface area contributed by atoms with Gasteiger partial charge in [0.2, 0.25) is 5.95 Å². The second-order valence-electron chi connectivity index (χ2n) is 5.85. The zero-order chi connectivity index (χ0) is 17.1. The average molecular weight is 339 g/mol. The number of carbonyl (C=O) groups is 1. The van der Waals surface area contributed by atoms with Crippen molar-refractivity contribution >= 4 is 11.9 Å². The van der Waals surface area contributed by atoms with Gasteiger partial charge in [-0.05, 0) is 31.0 Å². The number of hydrogen-bond donors (Lipinski definition) is 2. The molecule has 3 heterocycles. The minimum atomic E-state index is -0.266. The summed E-state index contributed by atoms with van der Waals surface area (Å²) in [4.78, 5) is 20.8. The number of carbonyl (C=O) groups excluding carboxylic acids is 1. The quantitative estimate of drug-likeness (QED) is 0.732. The van der Waals surface area contributed by atoms with Gasteiger partial charge >= 0.3 is 0 Å². The van der Waals surface area contributed by atoms with Gasteiger partial charge in [0.25, 0.3) is 5.91 Å². The van der Waals surface area contributed by atoms with Crippen LogP contribution in [0.2, 0.25) is 0 Å². The Labute approximate surface area is 143 Å². The summed E-state index contributed by atoms with van der Waals surface area (Å²) in [5.41, 5.74) is 1.18. The van der Waals surface area contributed by atoms with Crippen molar-refractivity contribution in [2.75, 3.05) is 5.32 Å². The number of anilines is 1. The third-order valence-corrected chi connectivity index (χ3v) is 4.16. The minimum absolute atomic E-state index is 0.130. The van der Waals surface area contributed by atoms with Crippen molar-refractivity contribution in [2.45, 2.75) is 31.8 Å². The third-order valence-electron chi connectivity index (χ3n) is 4.16. The molecule has 1 aliphatic rings. The Hall–Kier alpha value is -3.16. The van der Waals surface area contributed by atoms with Gasteiger partial charge in [-0.15, -0.1) is 0 Å². The highest BCUT2D eigenvalue weighted by Gasteiger charge is 2.29. The number of furan rings is 1. The van der Waals surface area contributed by atoms with Crippen molar-refractivity contribution in [2.24, 2.45) is 0 Å². The molecule has 1 aliphatic carbocycles. The molecule has 0 saturated heterocycles. The maximum atomic E-state index is 12.4. The summed E-state index contributed by atoms with van der Waals surface area (Å²) in [7, 11) is 0. The normalized spacial score (nSPS) is 16.2. The molecule has 0 aliphatic heterocycles. The van der Waals surface area contributed by atoms with E-state index < -0.39 is 0 Å². The molecule has 3 aromatic heterocycles. The predicted octanol–water partition coefficient (Wildman–Crippen LogP) is 1.96. The molecule has 0 radical (unpaired) electrons. The summed E-state index contributed by atoms with van der Waals surface area (Å²) in [5, 5.41) is 10.1. The SMILES string of the molecule is O=C(NCc1ccco1)c1noc2c1CC(Nc1ncccn1)CC2. The standard InChI is InChI=1S/C17H17N5O3/c23-16(20-10-12-3-1-8-24-12)15-13-9-11(4-5-14(13)25-22-15)21-17-18-6-2-7-19-17/h1-3,6-8,11H,4-5,9-10H2,(H,20,23)(H,18,19,21). The Morgan fingerprint density at radius 2 is 2.16 bits per heavy atom. The molecule has 0 fully saturated rings. The zero-order valence-electron chi connectivity index (χ0n) is 13.4. The number of hydrogen-bond acceptors (Lipinski definition) is 7. The lowest BCUT2D eigenvalue weighted by Gasteiger charge is -2.22. The molecule has 0 spiro atoms. The number of aryl methyl sites for hydroxylation is 1. The van der Waals surface area contributed by atoms with Crippen LogP contribution >= 0.6 is 0 Å². The second kappa shape index (κ2) is 6.76. The van der Waals surface area contributed by atoms with Crippen LogP contribution in [0.4, 0.5) is 5.95 Å². The van der Waals surface area contributed by atoms with Crippen molar-refractivity contribution in [3.05, 3.63) is 59.6 Å². The molecule has 0 saturated carbocycles. The summed E-state index contributed by atoms with van der Waals surface area (Å²) in [6.07, 6.45) is 7.18. The number of amides is 1. The average Bonchev–Trinajstić information content (AvgIpc) is 3.30. The lowest BCUT2D eigenvalue weighted by Crippen LogP contribution is -2.30. The van der Waals surface area contributed by atoms with Crippen molar-refractivity contribution in [1.29, 1.82) is 0 Å². The predicted molar refractivity (Wildman–Crippen MR) is 87.8 cm³/mol. The fourth-order valence-electron chi connectivity index (χ4n) is 2.93. The first-order valence-electron chi connectivity index (χ1n) is 8.11.